The van der Waals surface area contributed by atoms with Crippen molar-refractivity contribution in [1.82, 2.24) is 19.9 Å². The van der Waals surface area contributed by atoms with Crippen LogP contribution in [0.15, 0.2) is 0 Å². The first-order valence-corrected chi connectivity index (χ1v) is 20.5. The first kappa shape index (κ1) is 34.2. The Morgan fingerprint density at radius 3 is 1.33 bits per heavy atom. The van der Waals surface area contributed by atoms with E-state index < -0.39 is 10.1 Å². The lowest BCUT2D eigenvalue weighted by Crippen LogP contribution is -2.53. The minimum atomic E-state index is -3.41. The van der Waals surface area contributed by atoms with Crippen LogP contribution in [0.4, 0.5) is 23.3 Å². The van der Waals surface area contributed by atoms with E-state index in [9.17, 15) is 8.42 Å². The molecule has 0 unspecified atom stereocenters. The summed E-state index contributed by atoms with van der Waals surface area (Å²) in [5.41, 5.74) is 2.31. The van der Waals surface area contributed by atoms with Crippen molar-refractivity contribution in [2.45, 2.75) is 109 Å². The van der Waals surface area contributed by atoms with E-state index in [2.05, 4.69) is 39.5 Å². The molecule has 0 bridgehead atoms. The molecule has 6 aliphatic rings. The fraction of sp³-hybridized carbons (Fsp3) is 0.750. The maximum Gasteiger partial charge on any atom is 0.264 e. The zero-order valence-corrected chi connectivity index (χ0v) is 30.4. The quantitative estimate of drug-likeness (QED) is 0.337. The summed E-state index contributed by atoms with van der Waals surface area (Å²) in [4.78, 5) is 28.9. The first-order chi connectivity index (χ1) is 23.7. The van der Waals surface area contributed by atoms with Crippen LogP contribution in [-0.4, -0.2) is 93.1 Å². The largest absolute Gasteiger partial charge is 0.356 e. The van der Waals surface area contributed by atoms with Gasteiger partial charge in [-0.1, -0.05) is 25.7 Å². The molecule has 13 heteroatoms. The van der Waals surface area contributed by atoms with Gasteiger partial charge in [0, 0.05) is 75.3 Å². The molecule has 2 aromatic rings. The van der Waals surface area contributed by atoms with Gasteiger partial charge in [-0.15, -0.1) is 0 Å². The highest BCUT2D eigenvalue weighted by molar-refractivity contribution is 7.86. The number of hydrogen-bond donors (Lipinski definition) is 0. The molecule has 8 rings (SSSR count). The number of rotatable bonds is 8. The third-order valence-electron chi connectivity index (χ3n) is 10.7. The van der Waals surface area contributed by atoms with E-state index in [1.54, 1.807) is 0 Å². The summed E-state index contributed by atoms with van der Waals surface area (Å²) in [6.07, 6.45) is 15.8. The minimum Gasteiger partial charge on any atom is -0.356 e. The van der Waals surface area contributed by atoms with Crippen molar-refractivity contribution in [3.63, 3.8) is 0 Å². The summed E-state index contributed by atoms with van der Waals surface area (Å²) >= 11 is 0. The summed E-state index contributed by atoms with van der Waals surface area (Å²) in [5, 5.41) is 9.04. The van der Waals surface area contributed by atoms with Crippen molar-refractivity contribution in [2.24, 2.45) is 5.92 Å². The molecule has 4 aliphatic heterocycles. The highest BCUT2D eigenvalue weighted by Crippen LogP contribution is 2.43. The van der Waals surface area contributed by atoms with Crippen LogP contribution in [0.1, 0.15) is 112 Å². The topological polar surface area (TPSA) is 132 Å². The Labute approximate surface area is 292 Å². The summed E-state index contributed by atoms with van der Waals surface area (Å²) in [5.74, 6) is 7.46. The number of aromatic nitrogens is 4. The van der Waals surface area contributed by atoms with Gasteiger partial charge >= 0.3 is 0 Å². The monoisotopic (exact) mass is 691 g/mol. The molecular formula is C36H53N9O3S. The minimum absolute atomic E-state index is 0.162. The fourth-order valence-corrected chi connectivity index (χ4v) is 8.13. The van der Waals surface area contributed by atoms with Gasteiger partial charge in [0.2, 0.25) is 0 Å². The van der Waals surface area contributed by atoms with Crippen molar-refractivity contribution in [1.29, 1.82) is 5.26 Å². The molecule has 12 nitrogen and oxygen atoms in total. The maximum absolute atomic E-state index is 11.3. The Morgan fingerprint density at radius 1 is 0.612 bits per heavy atom. The van der Waals surface area contributed by atoms with Crippen molar-refractivity contribution < 1.29 is 12.6 Å². The van der Waals surface area contributed by atoms with Crippen LogP contribution in [0.3, 0.4) is 0 Å². The molecule has 0 radical (unpaired) electrons. The van der Waals surface area contributed by atoms with Crippen molar-refractivity contribution >= 4 is 33.4 Å². The maximum atomic E-state index is 11.3. The van der Waals surface area contributed by atoms with Gasteiger partial charge in [0.05, 0.1) is 18.2 Å². The lowest BCUT2D eigenvalue weighted by Gasteiger charge is -2.40. The predicted octanol–water partition coefficient (Wildman–Crippen LogP) is 5.21. The van der Waals surface area contributed by atoms with E-state index in [1.165, 1.54) is 82.6 Å². The van der Waals surface area contributed by atoms with E-state index >= 15 is 0 Å². The number of nitrogens with zero attached hydrogens (tertiary/aromatic N) is 9. The Morgan fingerprint density at radius 2 is 0.980 bits per heavy atom. The molecule has 0 aromatic carbocycles. The van der Waals surface area contributed by atoms with Gasteiger partial charge in [-0.2, -0.15) is 13.7 Å². The first-order valence-electron chi connectivity index (χ1n) is 18.7. The zero-order chi connectivity index (χ0) is 34.1. The molecule has 0 atom stereocenters. The molecule has 6 fully saturated rings. The number of anilines is 4. The van der Waals surface area contributed by atoms with E-state index in [4.69, 9.17) is 29.4 Å². The van der Waals surface area contributed by atoms with Crippen molar-refractivity contribution in [3.05, 3.63) is 22.8 Å². The Hall–Kier alpha value is -3.24. The van der Waals surface area contributed by atoms with Crippen LogP contribution in [0, 0.1) is 31.1 Å². The van der Waals surface area contributed by atoms with Crippen molar-refractivity contribution in [2.75, 3.05) is 78.2 Å². The molecule has 2 aliphatic carbocycles. The molecule has 266 valence electrons. The van der Waals surface area contributed by atoms with Gasteiger partial charge in [0.15, 0.2) is 0 Å². The molecule has 0 amide bonds. The molecule has 6 heterocycles. The SMILES string of the molecule is Cc1c(N2CCCCCC2)nc(C2CC2)nc1N1CC(C#N)C1.Cc1c(N2CCCCCC2)nc(C2CC2)nc1N1CC(OS(C)(=O)=O)C1. The van der Waals surface area contributed by atoms with Crippen LogP contribution in [0.25, 0.3) is 0 Å². The van der Waals surface area contributed by atoms with E-state index in [0.717, 1.165) is 86.0 Å². The van der Waals surface area contributed by atoms with Gasteiger partial charge in [-0.25, -0.2) is 19.9 Å². The second-order valence-corrected chi connectivity index (χ2v) is 16.7. The van der Waals surface area contributed by atoms with E-state index in [1.807, 2.05) is 0 Å². The average Bonchev–Trinajstić information content (AvgIpc) is 3.92. The third kappa shape index (κ3) is 8.22. The molecular weight excluding hydrogens is 639 g/mol. The van der Waals surface area contributed by atoms with Crippen LogP contribution < -0.4 is 19.6 Å². The van der Waals surface area contributed by atoms with Gasteiger partial charge in [0.25, 0.3) is 10.1 Å². The van der Waals surface area contributed by atoms with Crippen LogP contribution in [-0.2, 0) is 14.3 Å². The fourth-order valence-electron chi connectivity index (χ4n) is 7.52. The molecule has 2 aromatic heterocycles. The van der Waals surface area contributed by atoms with Crippen LogP contribution in [0.2, 0.25) is 0 Å². The van der Waals surface area contributed by atoms with Gasteiger partial charge in [-0.3, -0.25) is 4.18 Å². The normalized spacial score (nSPS) is 22.3. The van der Waals surface area contributed by atoms with Crippen LogP contribution >= 0.6 is 0 Å². The van der Waals surface area contributed by atoms with E-state index in [-0.39, 0.29) is 12.0 Å². The van der Waals surface area contributed by atoms with Gasteiger partial charge in [-0.05, 0) is 65.2 Å². The molecule has 49 heavy (non-hydrogen) atoms. The second-order valence-electron chi connectivity index (χ2n) is 15.1. The predicted molar refractivity (Wildman–Crippen MR) is 192 cm³/mol. The standard InChI is InChI=1S/C18H25N5.C18H28N4O3S/c1-13-17(22-8-4-2-3-5-9-22)20-16(15-6-7-15)21-18(13)23-11-14(10-19)12-23;1-13-17(21-9-5-3-4-6-10-21)19-16(14-7-8-14)20-18(13)22-11-15(12-22)25-26(2,23)24/h14-15H,2-9,11-12H2,1H3;14-15H,3-12H2,1-2H3. The second kappa shape index (κ2) is 14.5. The summed E-state index contributed by atoms with van der Waals surface area (Å²) in [6, 6.07) is 2.36. The molecule has 0 spiro atoms. The Bertz CT molecular complexity index is 1630. The van der Waals surface area contributed by atoms with E-state index in [0.29, 0.717) is 24.9 Å². The number of nitriles is 1. The summed E-state index contributed by atoms with van der Waals surface area (Å²) < 4.78 is 27.7. The van der Waals surface area contributed by atoms with Crippen LogP contribution in [0.5, 0.6) is 0 Å². The third-order valence-corrected chi connectivity index (χ3v) is 11.4. The molecule has 2 saturated carbocycles. The lowest BCUT2D eigenvalue weighted by molar-refractivity contribution is 0.176. The Kier molecular flexibility index (Phi) is 10.2. The zero-order valence-electron chi connectivity index (χ0n) is 29.6. The molecule has 4 saturated heterocycles. The average molecular weight is 692 g/mol. The van der Waals surface area contributed by atoms with Gasteiger partial charge < -0.3 is 19.6 Å². The Balaban J connectivity index is 0.000000155. The smallest absolute Gasteiger partial charge is 0.264 e. The summed E-state index contributed by atoms with van der Waals surface area (Å²) in [6.45, 7) is 11.4. The van der Waals surface area contributed by atoms with Gasteiger partial charge in [0.1, 0.15) is 41.0 Å². The molecule has 0 N–H and O–H groups in total. The van der Waals surface area contributed by atoms with Crippen molar-refractivity contribution in [3.8, 4) is 6.07 Å². The highest BCUT2D eigenvalue weighted by atomic mass is 32.2. The highest BCUT2D eigenvalue weighted by Gasteiger charge is 2.36. The number of hydrogen-bond acceptors (Lipinski definition) is 12. The lowest BCUT2D eigenvalue weighted by atomic mass is 10.0. The summed E-state index contributed by atoms with van der Waals surface area (Å²) in [7, 11) is -3.41.